The summed E-state index contributed by atoms with van der Waals surface area (Å²) in [4.78, 5) is 0. The van der Waals surface area contributed by atoms with Crippen LogP contribution in [0.4, 0.5) is 0 Å². The first-order chi connectivity index (χ1) is 7.88. The van der Waals surface area contributed by atoms with E-state index in [2.05, 4.69) is 11.4 Å². The third kappa shape index (κ3) is 2.98. The summed E-state index contributed by atoms with van der Waals surface area (Å²) in [5.74, 6) is 0.844. The fraction of sp³-hybridized carbons (Fsp3) is 0.462. The molecule has 1 unspecified atom stereocenters. The molecule has 3 heteroatoms. The van der Waals surface area contributed by atoms with Crippen LogP contribution in [0.3, 0.4) is 0 Å². The van der Waals surface area contributed by atoms with Crippen molar-refractivity contribution in [3.63, 3.8) is 0 Å². The Morgan fingerprint density at radius 1 is 1.38 bits per heavy atom. The lowest BCUT2D eigenvalue weighted by Gasteiger charge is -2.11. The van der Waals surface area contributed by atoms with Crippen LogP contribution in [-0.4, -0.2) is 19.2 Å². The highest BCUT2D eigenvalue weighted by molar-refractivity contribution is 5.34. The van der Waals surface area contributed by atoms with E-state index in [0.717, 1.165) is 25.3 Å². The molecule has 1 atom stereocenters. The molecule has 0 bridgehead atoms. The first-order valence-corrected chi connectivity index (χ1v) is 5.75. The number of benzene rings is 1. The smallest absolute Gasteiger partial charge is 0.119 e. The van der Waals surface area contributed by atoms with Gasteiger partial charge in [0, 0.05) is 6.04 Å². The van der Waals surface area contributed by atoms with Crippen LogP contribution in [0.2, 0.25) is 0 Å². The Morgan fingerprint density at radius 3 is 2.81 bits per heavy atom. The Hall–Kier alpha value is -1.53. The average Bonchev–Trinajstić information content (AvgIpc) is 2.83. The molecule has 16 heavy (non-hydrogen) atoms. The third-order valence-corrected chi connectivity index (χ3v) is 2.88. The molecule has 1 aliphatic heterocycles. The van der Waals surface area contributed by atoms with Crippen LogP contribution in [0.1, 0.15) is 24.8 Å². The molecule has 1 aliphatic rings. The van der Waals surface area contributed by atoms with Crippen LogP contribution in [-0.2, 0) is 0 Å². The first kappa shape index (κ1) is 11.0. The second kappa shape index (κ2) is 5.53. The molecule has 1 aromatic rings. The molecular weight excluding hydrogens is 200 g/mol. The molecule has 1 heterocycles. The molecule has 0 radical (unpaired) electrons. The van der Waals surface area contributed by atoms with Gasteiger partial charge in [-0.05, 0) is 50.1 Å². The van der Waals surface area contributed by atoms with E-state index in [-0.39, 0.29) is 0 Å². The average molecular weight is 216 g/mol. The minimum absolute atomic E-state index is 0.624. The van der Waals surface area contributed by atoms with Crippen molar-refractivity contribution in [2.75, 3.05) is 13.2 Å². The summed E-state index contributed by atoms with van der Waals surface area (Å²) < 4.78 is 5.62. The Balaban J connectivity index is 1.74. The predicted molar refractivity (Wildman–Crippen MR) is 62.3 cm³/mol. The summed E-state index contributed by atoms with van der Waals surface area (Å²) in [6.45, 7) is 1.88. The highest BCUT2D eigenvalue weighted by atomic mass is 16.5. The quantitative estimate of drug-likeness (QED) is 0.838. The van der Waals surface area contributed by atoms with Crippen LogP contribution in [0, 0.1) is 11.3 Å². The number of hydrogen-bond donors (Lipinski definition) is 1. The Labute approximate surface area is 96.0 Å². The van der Waals surface area contributed by atoms with Gasteiger partial charge >= 0.3 is 0 Å². The standard InChI is InChI=1S/C13H16N2O/c14-10-11-3-5-13(6-4-11)16-9-7-12-2-1-8-15-12/h3-6,12,15H,1-2,7-9H2. The molecule has 1 fully saturated rings. The Morgan fingerprint density at radius 2 is 2.19 bits per heavy atom. The summed E-state index contributed by atoms with van der Waals surface area (Å²) in [6, 6.07) is 9.97. The maximum absolute atomic E-state index is 8.65. The van der Waals surface area contributed by atoms with Gasteiger partial charge in [0.1, 0.15) is 5.75 Å². The van der Waals surface area contributed by atoms with Crippen molar-refractivity contribution in [3.8, 4) is 11.8 Å². The van der Waals surface area contributed by atoms with Crippen molar-refractivity contribution in [2.45, 2.75) is 25.3 Å². The van der Waals surface area contributed by atoms with E-state index in [4.69, 9.17) is 10.00 Å². The molecule has 2 rings (SSSR count). The van der Waals surface area contributed by atoms with Crippen molar-refractivity contribution in [1.29, 1.82) is 5.26 Å². The second-order valence-corrected chi connectivity index (χ2v) is 4.07. The SMILES string of the molecule is N#Cc1ccc(OCCC2CCCN2)cc1. The third-order valence-electron chi connectivity index (χ3n) is 2.88. The van der Waals surface area contributed by atoms with Crippen LogP contribution in [0.5, 0.6) is 5.75 Å². The summed E-state index contributed by atoms with van der Waals surface area (Å²) in [5.41, 5.74) is 0.671. The van der Waals surface area contributed by atoms with Gasteiger partial charge in [-0.1, -0.05) is 0 Å². The highest BCUT2D eigenvalue weighted by Gasteiger charge is 2.13. The summed E-state index contributed by atoms with van der Waals surface area (Å²) in [6.07, 6.45) is 3.60. The van der Waals surface area contributed by atoms with Crippen LogP contribution >= 0.6 is 0 Å². The summed E-state index contributed by atoms with van der Waals surface area (Å²) in [7, 11) is 0. The van der Waals surface area contributed by atoms with Gasteiger partial charge in [0.2, 0.25) is 0 Å². The Bertz CT molecular complexity index is 361. The fourth-order valence-corrected chi connectivity index (χ4v) is 1.95. The maximum atomic E-state index is 8.65. The normalized spacial score (nSPS) is 19.3. The number of nitrogens with one attached hydrogen (secondary N) is 1. The number of hydrogen-bond acceptors (Lipinski definition) is 3. The highest BCUT2D eigenvalue weighted by Crippen LogP contribution is 2.13. The summed E-state index contributed by atoms with van der Waals surface area (Å²) in [5, 5.41) is 12.1. The molecule has 0 aromatic heterocycles. The number of nitrogens with zero attached hydrogens (tertiary/aromatic N) is 1. The van der Waals surface area contributed by atoms with Gasteiger partial charge in [-0.3, -0.25) is 0 Å². The van der Waals surface area contributed by atoms with Gasteiger partial charge in [-0.2, -0.15) is 5.26 Å². The van der Waals surface area contributed by atoms with Crippen LogP contribution in [0.15, 0.2) is 24.3 Å². The van der Waals surface area contributed by atoms with E-state index in [9.17, 15) is 0 Å². The lowest BCUT2D eigenvalue weighted by atomic mass is 10.2. The predicted octanol–water partition coefficient (Wildman–Crippen LogP) is 2.08. The zero-order chi connectivity index (χ0) is 11.2. The topological polar surface area (TPSA) is 45.0 Å². The van der Waals surface area contributed by atoms with Crippen molar-refractivity contribution in [2.24, 2.45) is 0 Å². The molecule has 1 saturated heterocycles. The van der Waals surface area contributed by atoms with Gasteiger partial charge in [0.05, 0.1) is 18.2 Å². The zero-order valence-corrected chi connectivity index (χ0v) is 9.28. The zero-order valence-electron chi connectivity index (χ0n) is 9.28. The fourth-order valence-electron chi connectivity index (χ4n) is 1.95. The molecule has 84 valence electrons. The minimum Gasteiger partial charge on any atom is -0.494 e. The maximum Gasteiger partial charge on any atom is 0.119 e. The lowest BCUT2D eigenvalue weighted by molar-refractivity contribution is 0.292. The monoisotopic (exact) mass is 216 g/mol. The van der Waals surface area contributed by atoms with Crippen molar-refractivity contribution in [1.82, 2.24) is 5.32 Å². The van der Waals surface area contributed by atoms with Crippen molar-refractivity contribution >= 4 is 0 Å². The molecule has 0 saturated carbocycles. The molecule has 1 N–H and O–H groups in total. The van der Waals surface area contributed by atoms with Crippen LogP contribution in [0.25, 0.3) is 0 Å². The van der Waals surface area contributed by atoms with E-state index in [0.29, 0.717) is 11.6 Å². The number of rotatable bonds is 4. The Kier molecular flexibility index (Phi) is 3.79. The summed E-state index contributed by atoms with van der Waals surface area (Å²) >= 11 is 0. The van der Waals surface area contributed by atoms with E-state index in [1.165, 1.54) is 12.8 Å². The lowest BCUT2D eigenvalue weighted by Crippen LogP contribution is -2.23. The molecule has 0 spiro atoms. The largest absolute Gasteiger partial charge is 0.494 e. The van der Waals surface area contributed by atoms with E-state index in [1.807, 2.05) is 12.1 Å². The first-order valence-electron chi connectivity index (χ1n) is 5.75. The number of nitriles is 1. The van der Waals surface area contributed by atoms with Crippen molar-refractivity contribution < 1.29 is 4.74 Å². The van der Waals surface area contributed by atoms with Gasteiger partial charge in [-0.15, -0.1) is 0 Å². The second-order valence-electron chi connectivity index (χ2n) is 4.07. The molecule has 0 aliphatic carbocycles. The minimum atomic E-state index is 0.624. The van der Waals surface area contributed by atoms with Gasteiger partial charge in [0.15, 0.2) is 0 Å². The van der Waals surface area contributed by atoms with Gasteiger partial charge in [0.25, 0.3) is 0 Å². The van der Waals surface area contributed by atoms with E-state index in [1.54, 1.807) is 12.1 Å². The van der Waals surface area contributed by atoms with Gasteiger partial charge < -0.3 is 10.1 Å². The molecule has 1 aromatic carbocycles. The number of ether oxygens (including phenoxy) is 1. The van der Waals surface area contributed by atoms with E-state index < -0.39 is 0 Å². The van der Waals surface area contributed by atoms with E-state index >= 15 is 0 Å². The van der Waals surface area contributed by atoms with Crippen LogP contribution < -0.4 is 10.1 Å². The molecular formula is C13H16N2O. The molecule has 0 amide bonds. The molecule has 3 nitrogen and oxygen atoms in total. The van der Waals surface area contributed by atoms with Gasteiger partial charge in [-0.25, -0.2) is 0 Å². The van der Waals surface area contributed by atoms with Crippen molar-refractivity contribution in [3.05, 3.63) is 29.8 Å².